The second-order valence-electron chi connectivity index (χ2n) is 4.97. The topological polar surface area (TPSA) is 50.4 Å². The molecule has 2 saturated heterocycles. The molecule has 0 unspecified atom stereocenters. The van der Waals surface area contributed by atoms with Crippen LogP contribution in [0.2, 0.25) is 0 Å². The molecule has 16 heavy (non-hydrogen) atoms. The lowest BCUT2D eigenvalue weighted by atomic mass is 10.1. The summed E-state index contributed by atoms with van der Waals surface area (Å²) in [6.07, 6.45) is 4.59. The maximum atomic E-state index is 11.8. The molecule has 0 radical (unpaired) electrons. The highest BCUT2D eigenvalue weighted by Gasteiger charge is 2.25. The van der Waals surface area contributed by atoms with Gasteiger partial charge in [0.2, 0.25) is 5.91 Å². The normalized spacial score (nSPS) is 31.6. The van der Waals surface area contributed by atoms with Crippen molar-refractivity contribution in [2.45, 2.75) is 44.8 Å². The van der Waals surface area contributed by atoms with E-state index in [2.05, 4.69) is 17.6 Å². The van der Waals surface area contributed by atoms with Gasteiger partial charge in [-0.2, -0.15) is 0 Å². The lowest BCUT2D eigenvalue weighted by Crippen LogP contribution is -2.39. The average molecular weight is 226 g/mol. The second kappa shape index (κ2) is 5.64. The van der Waals surface area contributed by atoms with Crippen LogP contribution in [0.15, 0.2) is 0 Å². The Bertz CT molecular complexity index is 233. The fourth-order valence-electron chi connectivity index (χ4n) is 2.52. The number of rotatable bonds is 4. The van der Waals surface area contributed by atoms with Gasteiger partial charge >= 0.3 is 0 Å². The molecule has 4 nitrogen and oxygen atoms in total. The highest BCUT2D eigenvalue weighted by Crippen LogP contribution is 2.17. The van der Waals surface area contributed by atoms with Gasteiger partial charge in [-0.25, -0.2) is 0 Å². The monoisotopic (exact) mass is 226 g/mol. The minimum Gasteiger partial charge on any atom is -0.378 e. The molecule has 2 fully saturated rings. The predicted molar refractivity (Wildman–Crippen MR) is 62.2 cm³/mol. The smallest absolute Gasteiger partial charge is 0.224 e. The summed E-state index contributed by atoms with van der Waals surface area (Å²) in [4.78, 5) is 11.8. The van der Waals surface area contributed by atoms with Gasteiger partial charge in [0.15, 0.2) is 0 Å². The van der Waals surface area contributed by atoms with Crippen LogP contribution in [0, 0.1) is 5.92 Å². The Hall–Kier alpha value is -0.610. The van der Waals surface area contributed by atoms with Gasteiger partial charge in [0, 0.05) is 19.2 Å². The van der Waals surface area contributed by atoms with Crippen LogP contribution >= 0.6 is 0 Å². The van der Waals surface area contributed by atoms with Crippen LogP contribution in [-0.2, 0) is 9.53 Å². The minimum absolute atomic E-state index is 0.173. The Morgan fingerprint density at radius 3 is 3.06 bits per heavy atom. The van der Waals surface area contributed by atoms with Gasteiger partial charge in [-0.05, 0) is 39.2 Å². The summed E-state index contributed by atoms with van der Waals surface area (Å²) in [6.45, 7) is 4.76. The molecule has 2 aliphatic rings. The van der Waals surface area contributed by atoms with Crippen molar-refractivity contribution in [3.8, 4) is 0 Å². The van der Waals surface area contributed by atoms with Crippen molar-refractivity contribution in [3.05, 3.63) is 0 Å². The van der Waals surface area contributed by atoms with Gasteiger partial charge in [-0.3, -0.25) is 4.79 Å². The molecule has 2 rings (SSSR count). The van der Waals surface area contributed by atoms with Crippen molar-refractivity contribution in [2.24, 2.45) is 5.92 Å². The second-order valence-corrected chi connectivity index (χ2v) is 4.97. The number of carbonyl (C=O) groups excluding carboxylic acids is 1. The number of carbonyl (C=O) groups is 1. The molecule has 2 aliphatic heterocycles. The largest absolute Gasteiger partial charge is 0.378 e. The van der Waals surface area contributed by atoms with Crippen molar-refractivity contribution in [2.75, 3.05) is 19.7 Å². The lowest BCUT2D eigenvalue weighted by Gasteiger charge is -2.19. The molecule has 0 saturated carbocycles. The van der Waals surface area contributed by atoms with E-state index < -0.39 is 0 Å². The summed E-state index contributed by atoms with van der Waals surface area (Å²) in [7, 11) is 0. The summed E-state index contributed by atoms with van der Waals surface area (Å²) in [6, 6.07) is 0.233. The summed E-state index contributed by atoms with van der Waals surface area (Å²) in [5, 5.41) is 6.30. The van der Waals surface area contributed by atoms with Crippen LogP contribution in [0.3, 0.4) is 0 Å². The van der Waals surface area contributed by atoms with Crippen LogP contribution in [-0.4, -0.2) is 37.7 Å². The highest BCUT2D eigenvalue weighted by atomic mass is 16.5. The van der Waals surface area contributed by atoms with E-state index >= 15 is 0 Å². The summed E-state index contributed by atoms with van der Waals surface area (Å²) >= 11 is 0. The standard InChI is InChI=1S/C12H22N2O2/c1-9(7-11-3-2-6-16-11)14-12(15)10-4-5-13-8-10/h9-11,13H,2-8H2,1H3,(H,14,15)/t9-,10-,11-/m1/s1. The lowest BCUT2D eigenvalue weighted by molar-refractivity contribution is -0.125. The first kappa shape index (κ1) is 11.9. The molecule has 0 bridgehead atoms. The molecule has 3 atom stereocenters. The van der Waals surface area contributed by atoms with E-state index in [-0.39, 0.29) is 17.9 Å². The SMILES string of the molecule is C[C@H](C[C@H]1CCCO1)NC(=O)[C@@H]1CCNC1. The summed E-state index contributed by atoms with van der Waals surface area (Å²) < 4.78 is 5.57. The van der Waals surface area contributed by atoms with Crippen LogP contribution in [0.25, 0.3) is 0 Å². The number of nitrogens with one attached hydrogen (secondary N) is 2. The number of amides is 1. The Balaban J connectivity index is 1.68. The van der Waals surface area contributed by atoms with Gasteiger partial charge in [0.1, 0.15) is 0 Å². The third kappa shape index (κ3) is 3.19. The van der Waals surface area contributed by atoms with E-state index in [1.807, 2.05) is 0 Å². The Labute approximate surface area is 97.1 Å². The molecular weight excluding hydrogens is 204 g/mol. The Morgan fingerprint density at radius 1 is 1.56 bits per heavy atom. The molecule has 4 heteroatoms. The van der Waals surface area contributed by atoms with Crippen LogP contribution in [0.5, 0.6) is 0 Å². The molecular formula is C12H22N2O2. The molecule has 0 aromatic rings. The molecule has 92 valence electrons. The number of hydrogen-bond acceptors (Lipinski definition) is 3. The van der Waals surface area contributed by atoms with Gasteiger partial charge in [-0.15, -0.1) is 0 Å². The first-order valence-electron chi connectivity index (χ1n) is 6.38. The van der Waals surface area contributed by atoms with E-state index in [0.29, 0.717) is 6.10 Å². The highest BCUT2D eigenvalue weighted by molar-refractivity contribution is 5.79. The van der Waals surface area contributed by atoms with Crippen molar-refractivity contribution in [1.82, 2.24) is 10.6 Å². The van der Waals surface area contributed by atoms with E-state index in [1.54, 1.807) is 0 Å². The summed E-state index contributed by atoms with van der Waals surface area (Å²) in [5.74, 6) is 0.377. The first-order valence-corrected chi connectivity index (χ1v) is 6.38. The van der Waals surface area contributed by atoms with Gasteiger partial charge in [-0.1, -0.05) is 0 Å². The fourth-order valence-corrected chi connectivity index (χ4v) is 2.52. The van der Waals surface area contributed by atoms with Crippen molar-refractivity contribution < 1.29 is 9.53 Å². The van der Waals surface area contributed by atoms with Crippen molar-refractivity contribution >= 4 is 5.91 Å². The van der Waals surface area contributed by atoms with E-state index in [4.69, 9.17) is 4.74 Å². The minimum atomic E-state index is 0.173. The van der Waals surface area contributed by atoms with Crippen LogP contribution < -0.4 is 10.6 Å². The molecule has 0 spiro atoms. The maximum Gasteiger partial charge on any atom is 0.224 e. The Morgan fingerprint density at radius 2 is 2.44 bits per heavy atom. The maximum absolute atomic E-state index is 11.8. The third-order valence-electron chi connectivity index (χ3n) is 3.46. The van der Waals surface area contributed by atoms with E-state index in [0.717, 1.165) is 45.4 Å². The van der Waals surface area contributed by atoms with Crippen LogP contribution in [0.1, 0.15) is 32.6 Å². The number of hydrogen-bond donors (Lipinski definition) is 2. The van der Waals surface area contributed by atoms with Gasteiger partial charge < -0.3 is 15.4 Å². The van der Waals surface area contributed by atoms with Crippen molar-refractivity contribution in [3.63, 3.8) is 0 Å². The fraction of sp³-hybridized carbons (Fsp3) is 0.917. The molecule has 0 aromatic carbocycles. The zero-order valence-electron chi connectivity index (χ0n) is 10.00. The predicted octanol–water partition coefficient (Wildman–Crippen LogP) is 0.670. The molecule has 1 amide bonds. The molecule has 0 aromatic heterocycles. The Kier molecular flexibility index (Phi) is 4.18. The average Bonchev–Trinajstić information content (AvgIpc) is 2.88. The summed E-state index contributed by atoms with van der Waals surface area (Å²) in [5.41, 5.74) is 0. The molecule has 0 aliphatic carbocycles. The quantitative estimate of drug-likeness (QED) is 0.741. The van der Waals surface area contributed by atoms with Gasteiger partial charge in [0.05, 0.1) is 12.0 Å². The zero-order valence-corrected chi connectivity index (χ0v) is 10.00. The van der Waals surface area contributed by atoms with E-state index in [1.165, 1.54) is 0 Å². The third-order valence-corrected chi connectivity index (χ3v) is 3.46. The molecule has 2 heterocycles. The first-order chi connectivity index (χ1) is 7.75. The van der Waals surface area contributed by atoms with Gasteiger partial charge in [0.25, 0.3) is 0 Å². The van der Waals surface area contributed by atoms with Crippen LogP contribution in [0.4, 0.5) is 0 Å². The number of ether oxygens (including phenoxy) is 1. The zero-order chi connectivity index (χ0) is 11.4. The van der Waals surface area contributed by atoms with Crippen molar-refractivity contribution in [1.29, 1.82) is 0 Å². The van der Waals surface area contributed by atoms with E-state index in [9.17, 15) is 4.79 Å². The molecule has 2 N–H and O–H groups in total.